The van der Waals surface area contributed by atoms with Gasteiger partial charge in [-0.05, 0) is 43.5 Å². The maximum Gasteiger partial charge on any atom is 0.253 e. The number of halogens is 1. The molecule has 3 rings (SSSR count). The zero-order chi connectivity index (χ0) is 21.3. The van der Waals surface area contributed by atoms with Crippen LogP contribution in [0.1, 0.15) is 43.0 Å². The third-order valence-electron chi connectivity index (χ3n) is 5.41. The predicted octanol–water partition coefficient (Wildman–Crippen LogP) is 4.14. The van der Waals surface area contributed by atoms with Crippen LogP contribution in [0.4, 0.5) is 4.39 Å². The summed E-state index contributed by atoms with van der Waals surface area (Å²) < 4.78 is 19.1. The topological polar surface area (TPSA) is 49.9 Å². The smallest absolute Gasteiger partial charge is 0.253 e. The van der Waals surface area contributed by atoms with E-state index in [2.05, 4.69) is 0 Å². The van der Waals surface area contributed by atoms with E-state index in [0.717, 1.165) is 19.3 Å². The Kier molecular flexibility index (Phi) is 7.82. The molecule has 2 aromatic carbocycles. The van der Waals surface area contributed by atoms with E-state index in [1.54, 1.807) is 18.2 Å². The summed E-state index contributed by atoms with van der Waals surface area (Å²) in [5.41, 5.74) is 0.697. The molecular formula is C24H29FN2O3. The molecule has 0 N–H and O–H groups in total. The fourth-order valence-corrected chi connectivity index (χ4v) is 3.85. The van der Waals surface area contributed by atoms with E-state index >= 15 is 0 Å². The van der Waals surface area contributed by atoms with Crippen LogP contribution in [-0.4, -0.2) is 53.9 Å². The number of nitrogens with zero attached hydrogens (tertiary/aromatic N) is 2. The summed E-state index contributed by atoms with van der Waals surface area (Å²) in [6, 6.07) is 15.6. The van der Waals surface area contributed by atoms with E-state index in [-0.39, 0.29) is 36.6 Å². The number of carbonyl (C=O) groups is 2. The minimum absolute atomic E-state index is 0.0148. The molecule has 2 amide bonds. The standard InChI is InChI=1S/C24H29FN2O3/c1-2-15-27(23(28)14-18-30-22-11-7-6-10-21(22)25)20-12-16-26(17-13-20)24(29)19-8-4-3-5-9-19/h3-11,20H,2,12-18H2,1H3. The summed E-state index contributed by atoms with van der Waals surface area (Å²) in [7, 11) is 0. The van der Waals surface area contributed by atoms with Crippen molar-refractivity contribution in [2.45, 2.75) is 38.6 Å². The van der Waals surface area contributed by atoms with Crippen molar-refractivity contribution in [2.24, 2.45) is 0 Å². The van der Waals surface area contributed by atoms with Gasteiger partial charge in [-0.25, -0.2) is 4.39 Å². The molecule has 0 aromatic heterocycles. The molecule has 1 fully saturated rings. The number of hydrogen-bond donors (Lipinski definition) is 0. The molecule has 0 radical (unpaired) electrons. The van der Waals surface area contributed by atoms with Gasteiger partial charge in [0.25, 0.3) is 5.91 Å². The number of benzene rings is 2. The number of ether oxygens (including phenoxy) is 1. The highest BCUT2D eigenvalue weighted by Crippen LogP contribution is 2.20. The predicted molar refractivity (Wildman–Crippen MR) is 114 cm³/mol. The highest BCUT2D eigenvalue weighted by atomic mass is 19.1. The summed E-state index contributed by atoms with van der Waals surface area (Å²) in [6.45, 7) is 4.14. The van der Waals surface area contributed by atoms with Crippen LogP contribution in [0, 0.1) is 5.82 Å². The first-order valence-electron chi connectivity index (χ1n) is 10.6. The second kappa shape index (κ2) is 10.8. The van der Waals surface area contributed by atoms with Gasteiger partial charge in [0, 0.05) is 31.2 Å². The average molecular weight is 413 g/mol. The quantitative estimate of drug-likeness (QED) is 0.655. The number of para-hydroxylation sites is 1. The van der Waals surface area contributed by atoms with E-state index in [1.807, 2.05) is 47.1 Å². The van der Waals surface area contributed by atoms with Gasteiger partial charge in [0.15, 0.2) is 11.6 Å². The Balaban J connectivity index is 1.51. The monoisotopic (exact) mass is 412 g/mol. The molecule has 0 aliphatic carbocycles. The first-order valence-corrected chi connectivity index (χ1v) is 10.6. The van der Waals surface area contributed by atoms with Crippen LogP contribution in [0.5, 0.6) is 5.75 Å². The summed E-state index contributed by atoms with van der Waals surface area (Å²) in [5.74, 6) is -0.201. The lowest BCUT2D eigenvalue weighted by Crippen LogP contribution is -2.49. The molecule has 0 atom stereocenters. The van der Waals surface area contributed by atoms with Crippen LogP contribution in [0.15, 0.2) is 54.6 Å². The van der Waals surface area contributed by atoms with Gasteiger partial charge < -0.3 is 14.5 Å². The van der Waals surface area contributed by atoms with E-state index in [4.69, 9.17) is 4.74 Å². The van der Waals surface area contributed by atoms with Gasteiger partial charge >= 0.3 is 0 Å². The summed E-state index contributed by atoms with van der Waals surface area (Å²) >= 11 is 0. The van der Waals surface area contributed by atoms with Crippen molar-refractivity contribution in [3.8, 4) is 5.75 Å². The first-order chi connectivity index (χ1) is 14.6. The third kappa shape index (κ3) is 5.59. The minimum atomic E-state index is -0.425. The van der Waals surface area contributed by atoms with Gasteiger partial charge in [-0.3, -0.25) is 9.59 Å². The fraction of sp³-hybridized carbons (Fsp3) is 0.417. The molecule has 0 unspecified atom stereocenters. The van der Waals surface area contributed by atoms with Crippen molar-refractivity contribution in [3.63, 3.8) is 0 Å². The average Bonchev–Trinajstić information content (AvgIpc) is 2.79. The highest BCUT2D eigenvalue weighted by Gasteiger charge is 2.29. The van der Waals surface area contributed by atoms with Gasteiger partial charge in [-0.1, -0.05) is 37.3 Å². The van der Waals surface area contributed by atoms with Crippen molar-refractivity contribution < 1.29 is 18.7 Å². The molecule has 1 saturated heterocycles. The molecular weight excluding hydrogens is 383 g/mol. The Morgan fingerprint density at radius 2 is 1.73 bits per heavy atom. The Labute approximate surface area is 177 Å². The van der Waals surface area contributed by atoms with Crippen molar-refractivity contribution in [1.82, 2.24) is 9.80 Å². The van der Waals surface area contributed by atoms with Crippen LogP contribution >= 0.6 is 0 Å². The third-order valence-corrected chi connectivity index (χ3v) is 5.41. The molecule has 0 spiro atoms. The number of likely N-dealkylation sites (tertiary alicyclic amines) is 1. The number of amides is 2. The number of hydrogen-bond acceptors (Lipinski definition) is 3. The van der Waals surface area contributed by atoms with Crippen molar-refractivity contribution in [1.29, 1.82) is 0 Å². The second-order valence-electron chi connectivity index (χ2n) is 7.51. The lowest BCUT2D eigenvalue weighted by atomic mass is 10.0. The van der Waals surface area contributed by atoms with E-state index in [0.29, 0.717) is 25.2 Å². The van der Waals surface area contributed by atoms with Crippen LogP contribution in [0.3, 0.4) is 0 Å². The van der Waals surface area contributed by atoms with Crippen LogP contribution in [0.25, 0.3) is 0 Å². The lowest BCUT2D eigenvalue weighted by molar-refractivity contribution is -0.135. The van der Waals surface area contributed by atoms with Gasteiger partial charge in [0.1, 0.15) is 0 Å². The number of rotatable bonds is 8. The van der Waals surface area contributed by atoms with Crippen LogP contribution in [-0.2, 0) is 4.79 Å². The zero-order valence-electron chi connectivity index (χ0n) is 17.4. The molecule has 6 heteroatoms. The lowest BCUT2D eigenvalue weighted by Gasteiger charge is -2.38. The molecule has 160 valence electrons. The van der Waals surface area contributed by atoms with Gasteiger partial charge in [0.2, 0.25) is 5.91 Å². The fourth-order valence-electron chi connectivity index (χ4n) is 3.85. The van der Waals surface area contributed by atoms with Crippen molar-refractivity contribution >= 4 is 11.8 Å². The van der Waals surface area contributed by atoms with Gasteiger partial charge in [0.05, 0.1) is 13.0 Å². The Morgan fingerprint density at radius 3 is 2.40 bits per heavy atom. The maximum atomic E-state index is 13.7. The van der Waals surface area contributed by atoms with Crippen molar-refractivity contribution in [3.05, 3.63) is 66.0 Å². The van der Waals surface area contributed by atoms with Crippen LogP contribution < -0.4 is 4.74 Å². The van der Waals surface area contributed by atoms with E-state index in [1.165, 1.54) is 6.07 Å². The second-order valence-corrected chi connectivity index (χ2v) is 7.51. The molecule has 5 nitrogen and oxygen atoms in total. The summed E-state index contributed by atoms with van der Waals surface area (Å²) in [5, 5.41) is 0. The Bertz CT molecular complexity index is 835. The molecule has 0 bridgehead atoms. The molecule has 30 heavy (non-hydrogen) atoms. The molecule has 1 heterocycles. The molecule has 2 aromatic rings. The molecule has 1 aliphatic rings. The normalized spacial score (nSPS) is 14.4. The van der Waals surface area contributed by atoms with Crippen LogP contribution in [0.2, 0.25) is 0 Å². The maximum absolute atomic E-state index is 13.7. The van der Waals surface area contributed by atoms with Gasteiger partial charge in [-0.15, -0.1) is 0 Å². The zero-order valence-corrected chi connectivity index (χ0v) is 17.4. The summed E-state index contributed by atoms with van der Waals surface area (Å²) in [6.07, 6.45) is 2.59. The van der Waals surface area contributed by atoms with E-state index in [9.17, 15) is 14.0 Å². The Hall–Kier alpha value is -2.89. The number of carbonyl (C=O) groups excluding carboxylic acids is 2. The number of piperidine rings is 1. The minimum Gasteiger partial charge on any atom is -0.490 e. The largest absolute Gasteiger partial charge is 0.490 e. The van der Waals surface area contributed by atoms with E-state index < -0.39 is 5.82 Å². The molecule has 1 aliphatic heterocycles. The summed E-state index contributed by atoms with van der Waals surface area (Å²) in [4.78, 5) is 29.2. The SMILES string of the molecule is CCCN(C(=O)CCOc1ccccc1F)C1CCN(C(=O)c2ccccc2)CC1. The first kappa shape index (κ1) is 21.8. The highest BCUT2D eigenvalue weighted by molar-refractivity contribution is 5.94. The Morgan fingerprint density at radius 1 is 1.07 bits per heavy atom. The van der Waals surface area contributed by atoms with Gasteiger partial charge in [-0.2, -0.15) is 0 Å². The molecule has 0 saturated carbocycles. The van der Waals surface area contributed by atoms with Crippen molar-refractivity contribution in [2.75, 3.05) is 26.2 Å².